The standard InChI is InChI=1S/C17H17N3O2S/c1-12-4-2-5-13(8-12)9-19-15(21)10-20-14-6-3-7-18-17(14)23-11-16(20)22/h2-8H,9-11H2,1H3,(H,19,21). The van der Waals surface area contributed by atoms with Crippen LogP contribution < -0.4 is 10.2 Å². The smallest absolute Gasteiger partial charge is 0.240 e. The van der Waals surface area contributed by atoms with Crippen molar-refractivity contribution in [3.05, 3.63) is 53.7 Å². The summed E-state index contributed by atoms with van der Waals surface area (Å²) in [5.74, 6) is 0.0672. The van der Waals surface area contributed by atoms with Gasteiger partial charge in [0.15, 0.2) is 0 Å². The number of rotatable bonds is 4. The maximum Gasteiger partial charge on any atom is 0.240 e. The summed E-state index contributed by atoms with van der Waals surface area (Å²) in [6.45, 7) is 2.49. The fraction of sp³-hybridized carbons (Fsp3) is 0.235. The van der Waals surface area contributed by atoms with Gasteiger partial charge in [0.05, 0.1) is 11.4 Å². The number of carbonyl (C=O) groups excluding carboxylic acids is 2. The Balaban J connectivity index is 1.65. The summed E-state index contributed by atoms with van der Waals surface area (Å²) in [5.41, 5.74) is 2.90. The molecule has 1 N–H and O–H groups in total. The van der Waals surface area contributed by atoms with Gasteiger partial charge in [0.25, 0.3) is 0 Å². The van der Waals surface area contributed by atoms with Gasteiger partial charge in [-0.15, -0.1) is 0 Å². The highest BCUT2D eigenvalue weighted by Gasteiger charge is 2.26. The molecule has 1 aromatic carbocycles. The highest BCUT2D eigenvalue weighted by atomic mass is 32.2. The number of nitrogens with one attached hydrogen (secondary N) is 1. The predicted octanol–water partition coefficient (Wildman–Crippen LogP) is 2.15. The van der Waals surface area contributed by atoms with Crippen molar-refractivity contribution in [3.63, 3.8) is 0 Å². The van der Waals surface area contributed by atoms with E-state index < -0.39 is 0 Å². The summed E-state index contributed by atoms with van der Waals surface area (Å²) in [6.07, 6.45) is 1.69. The molecule has 0 fully saturated rings. The van der Waals surface area contributed by atoms with Gasteiger partial charge in [-0.3, -0.25) is 14.5 Å². The summed E-state index contributed by atoms with van der Waals surface area (Å²) >= 11 is 1.41. The average Bonchev–Trinajstić information content (AvgIpc) is 2.56. The molecule has 118 valence electrons. The van der Waals surface area contributed by atoms with E-state index in [0.717, 1.165) is 16.2 Å². The minimum Gasteiger partial charge on any atom is -0.350 e. The molecule has 6 heteroatoms. The lowest BCUT2D eigenvalue weighted by molar-refractivity contribution is -0.123. The van der Waals surface area contributed by atoms with Crippen LogP contribution in [0.4, 0.5) is 5.69 Å². The Labute approximate surface area is 139 Å². The van der Waals surface area contributed by atoms with Crippen molar-refractivity contribution in [2.24, 2.45) is 0 Å². The molecule has 0 bridgehead atoms. The Morgan fingerprint density at radius 3 is 3.04 bits per heavy atom. The van der Waals surface area contributed by atoms with E-state index >= 15 is 0 Å². The molecule has 0 radical (unpaired) electrons. The molecule has 0 atom stereocenters. The first-order valence-corrected chi connectivity index (χ1v) is 8.32. The number of benzene rings is 1. The molecule has 1 aliphatic rings. The van der Waals surface area contributed by atoms with E-state index in [1.807, 2.05) is 37.3 Å². The van der Waals surface area contributed by atoms with Gasteiger partial charge < -0.3 is 5.32 Å². The predicted molar refractivity (Wildman–Crippen MR) is 90.3 cm³/mol. The second-order valence-corrected chi connectivity index (χ2v) is 6.33. The van der Waals surface area contributed by atoms with Crippen molar-refractivity contribution in [2.75, 3.05) is 17.2 Å². The van der Waals surface area contributed by atoms with Gasteiger partial charge >= 0.3 is 0 Å². The molecule has 0 spiro atoms. The number of aromatic nitrogens is 1. The number of fused-ring (bicyclic) bond motifs is 1. The first-order chi connectivity index (χ1) is 11.1. The minimum absolute atomic E-state index is 0.0178. The number of hydrogen-bond acceptors (Lipinski definition) is 4. The second kappa shape index (κ2) is 6.83. The number of amides is 2. The molecule has 0 aliphatic carbocycles. The van der Waals surface area contributed by atoms with Crippen LogP contribution in [0.5, 0.6) is 0 Å². The van der Waals surface area contributed by atoms with Crippen LogP contribution in [0, 0.1) is 6.92 Å². The van der Waals surface area contributed by atoms with E-state index in [-0.39, 0.29) is 18.4 Å². The molecule has 3 rings (SSSR count). The Bertz CT molecular complexity index is 748. The van der Waals surface area contributed by atoms with Crippen LogP contribution in [0.25, 0.3) is 0 Å². The zero-order valence-corrected chi connectivity index (χ0v) is 13.6. The monoisotopic (exact) mass is 327 g/mol. The van der Waals surface area contributed by atoms with E-state index in [1.165, 1.54) is 16.7 Å². The maximum atomic E-state index is 12.2. The highest BCUT2D eigenvalue weighted by molar-refractivity contribution is 8.00. The quantitative estimate of drug-likeness (QED) is 0.934. The zero-order chi connectivity index (χ0) is 16.2. The Morgan fingerprint density at radius 2 is 2.22 bits per heavy atom. The average molecular weight is 327 g/mol. The van der Waals surface area contributed by atoms with Gasteiger partial charge in [-0.25, -0.2) is 4.98 Å². The third-order valence-electron chi connectivity index (χ3n) is 3.55. The van der Waals surface area contributed by atoms with Gasteiger partial charge in [-0.1, -0.05) is 41.6 Å². The molecule has 2 aromatic rings. The van der Waals surface area contributed by atoms with Crippen LogP contribution >= 0.6 is 11.8 Å². The van der Waals surface area contributed by atoms with Crippen molar-refractivity contribution in [3.8, 4) is 0 Å². The Kier molecular flexibility index (Phi) is 4.62. The lowest BCUT2D eigenvalue weighted by atomic mass is 10.1. The van der Waals surface area contributed by atoms with E-state index in [4.69, 9.17) is 0 Å². The number of thioether (sulfide) groups is 1. The molecule has 0 saturated heterocycles. The van der Waals surface area contributed by atoms with Crippen molar-refractivity contribution < 1.29 is 9.59 Å². The normalized spacial score (nSPS) is 13.6. The molecule has 2 heterocycles. The Morgan fingerprint density at radius 1 is 1.35 bits per heavy atom. The van der Waals surface area contributed by atoms with Crippen molar-refractivity contribution in [1.82, 2.24) is 10.3 Å². The SMILES string of the molecule is Cc1cccc(CNC(=O)CN2C(=O)CSc3ncccc32)c1. The molecule has 5 nitrogen and oxygen atoms in total. The van der Waals surface area contributed by atoms with E-state index in [9.17, 15) is 9.59 Å². The third-order valence-corrected chi connectivity index (χ3v) is 4.53. The summed E-state index contributed by atoms with van der Waals surface area (Å²) in [5, 5.41) is 3.66. The van der Waals surface area contributed by atoms with Crippen LogP contribution in [0.1, 0.15) is 11.1 Å². The molecule has 2 amide bonds. The van der Waals surface area contributed by atoms with Crippen LogP contribution in [-0.4, -0.2) is 29.1 Å². The van der Waals surface area contributed by atoms with Crippen LogP contribution in [0.15, 0.2) is 47.6 Å². The van der Waals surface area contributed by atoms with Gasteiger partial charge in [0.1, 0.15) is 11.6 Å². The van der Waals surface area contributed by atoms with Gasteiger partial charge in [-0.2, -0.15) is 0 Å². The first kappa shape index (κ1) is 15.6. The summed E-state index contributed by atoms with van der Waals surface area (Å²) in [7, 11) is 0. The zero-order valence-electron chi connectivity index (χ0n) is 12.8. The molecular weight excluding hydrogens is 310 g/mol. The van der Waals surface area contributed by atoms with Crippen molar-refractivity contribution >= 4 is 29.3 Å². The highest BCUT2D eigenvalue weighted by Crippen LogP contribution is 2.32. The largest absolute Gasteiger partial charge is 0.350 e. The number of nitrogens with zero attached hydrogens (tertiary/aromatic N) is 2. The fourth-order valence-electron chi connectivity index (χ4n) is 2.44. The summed E-state index contributed by atoms with van der Waals surface area (Å²) in [6, 6.07) is 11.6. The van der Waals surface area contributed by atoms with Gasteiger partial charge in [0, 0.05) is 12.7 Å². The number of anilines is 1. The fourth-order valence-corrected chi connectivity index (χ4v) is 3.31. The van der Waals surface area contributed by atoms with E-state index in [0.29, 0.717) is 18.0 Å². The second-order valence-electron chi connectivity index (χ2n) is 5.36. The van der Waals surface area contributed by atoms with E-state index in [2.05, 4.69) is 10.3 Å². The molecule has 1 aromatic heterocycles. The Hall–Kier alpha value is -2.34. The number of carbonyl (C=O) groups is 2. The lowest BCUT2D eigenvalue weighted by Gasteiger charge is -2.27. The third kappa shape index (κ3) is 3.71. The molecule has 1 aliphatic heterocycles. The van der Waals surface area contributed by atoms with E-state index in [1.54, 1.807) is 12.3 Å². The number of pyridine rings is 1. The van der Waals surface area contributed by atoms with Crippen LogP contribution in [0.3, 0.4) is 0 Å². The maximum absolute atomic E-state index is 12.2. The molecule has 23 heavy (non-hydrogen) atoms. The summed E-state index contributed by atoms with van der Waals surface area (Å²) < 4.78 is 0. The summed E-state index contributed by atoms with van der Waals surface area (Å²) in [4.78, 5) is 30.1. The molecule has 0 unspecified atom stereocenters. The van der Waals surface area contributed by atoms with Crippen LogP contribution in [-0.2, 0) is 16.1 Å². The lowest BCUT2D eigenvalue weighted by Crippen LogP contribution is -2.43. The van der Waals surface area contributed by atoms with Gasteiger partial charge in [-0.05, 0) is 24.6 Å². The van der Waals surface area contributed by atoms with Crippen molar-refractivity contribution in [2.45, 2.75) is 18.5 Å². The minimum atomic E-state index is -0.179. The molecule has 0 saturated carbocycles. The molecular formula is C17H17N3O2S. The van der Waals surface area contributed by atoms with Crippen LogP contribution in [0.2, 0.25) is 0 Å². The topological polar surface area (TPSA) is 62.3 Å². The van der Waals surface area contributed by atoms with Gasteiger partial charge in [0.2, 0.25) is 11.8 Å². The first-order valence-electron chi connectivity index (χ1n) is 7.34. The number of aryl methyl sites for hydroxylation is 1. The van der Waals surface area contributed by atoms with Crippen molar-refractivity contribution in [1.29, 1.82) is 0 Å². The number of hydrogen-bond donors (Lipinski definition) is 1.